The molecule has 6 heteroatoms. The minimum atomic E-state index is -0.271. The molecule has 1 aromatic carbocycles. The molecule has 0 atom stereocenters. The quantitative estimate of drug-likeness (QED) is 0.851. The Morgan fingerprint density at radius 3 is 2.62 bits per heavy atom. The maximum absolute atomic E-state index is 12.1. The van der Waals surface area contributed by atoms with Crippen LogP contribution in [-0.4, -0.2) is 22.9 Å². The van der Waals surface area contributed by atoms with Gasteiger partial charge in [0.2, 0.25) is 5.91 Å². The van der Waals surface area contributed by atoms with Gasteiger partial charge in [-0.15, -0.1) is 11.3 Å². The number of carbonyl (C=O) groups excluding carboxylic acids is 2. The average Bonchev–Trinajstić information content (AvgIpc) is 3.08. The van der Waals surface area contributed by atoms with Crippen LogP contribution in [0.5, 0.6) is 0 Å². The summed E-state index contributed by atoms with van der Waals surface area (Å²) in [7, 11) is 1.85. The molecule has 1 aliphatic heterocycles. The lowest BCUT2D eigenvalue weighted by molar-refractivity contribution is -0.117. The van der Waals surface area contributed by atoms with Crippen LogP contribution < -0.4 is 9.70 Å². The summed E-state index contributed by atoms with van der Waals surface area (Å²) in [6, 6.07) is 7.06. The van der Waals surface area contributed by atoms with Crippen molar-refractivity contribution in [2.24, 2.45) is 12.0 Å². The Bertz CT molecular complexity index is 743. The molecular formula is C15H15N3O2S. The van der Waals surface area contributed by atoms with Gasteiger partial charge in [-0.25, -0.2) is 0 Å². The lowest BCUT2D eigenvalue weighted by Gasteiger charge is -2.15. The molecule has 108 valence electrons. The topological polar surface area (TPSA) is 54.7 Å². The number of aryl methyl sites for hydroxylation is 1. The molecule has 0 radical (unpaired) electrons. The molecule has 0 bridgehead atoms. The number of thiazole rings is 1. The molecule has 5 nitrogen and oxygen atoms in total. The van der Waals surface area contributed by atoms with Crippen molar-refractivity contribution in [1.29, 1.82) is 0 Å². The van der Waals surface area contributed by atoms with E-state index >= 15 is 0 Å². The highest BCUT2D eigenvalue weighted by Crippen LogP contribution is 2.21. The fraction of sp³-hybridized carbons (Fsp3) is 0.267. The van der Waals surface area contributed by atoms with Gasteiger partial charge in [-0.2, -0.15) is 4.99 Å². The standard InChI is InChI=1S/C15H15N3O2S/c1-17-9-10-21-15(17)16-14(20)11-4-6-12(7-5-11)18-8-2-3-13(18)19/h4-7,9-10H,2-3,8H2,1H3. The Hall–Kier alpha value is -2.21. The highest BCUT2D eigenvalue weighted by Gasteiger charge is 2.21. The van der Waals surface area contributed by atoms with E-state index in [1.54, 1.807) is 33.7 Å². The second-order valence-electron chi connectivity index (χ2n) is 4.91. The fourth-order valence-electron chi connectivity index (χ4n) is 2.29. The van der Waals surface area contributed by atoms with Gasteiger partial charge in [0.05, 0.1) is 0 Å². The number of carbonyl (C=O) groups is 2. The van der Waals surface area contributed by atoms with Crippen LogP contribution in [0.1, 0.15) is 23.2 Å². The molecule has 1 aliphatic rings. The number of benzene rings is 1. The number of amides is 2. The first-order valence-electron chi connectivity index (χ1n) is 6.75. The molecule has 0 saturated carbocycles. The summed E-state index contributed by atoms with van der Waals surface area (Å²) in [6.45, 7) is 0.752. The Labute approximate surface area is 126 Å². The van der Waals surface area contributed by atoms with Gasteiger partial charge < -0.3 is 9.47 Å². The zero-order valence-electron chi connectivity index (χ0n) is 11.7. The van der Waals surface area contributed by atoms with Crippen molar-refractivity contribution < 1.29 is 9.59 Å². The van der Waals surface area contributed by atoms with Gasteiger partial charge in [-0.3, -0.25) is 9.59 Å². The molecule has 0 unspecified atom stereocenters. The highest BCUT2D eigenvalue weighted by molar-refractivity contribution is 7.07. The van der Waals surface area contributed by atoms with E-state index in [1.165, 1.54) is 11.3 Å². The van der Waals surface area contributed by atoms with Crippen molar-refractivity contribution >= 4 is 28.8 Å². The minimum absolute atomic E-state index is 0.143. The molecule has 2 amide bonds. The average molecular weight is 301 g/mol. The van der Waals surface area contributed by atoms with Gasteiger partial charge >= 0.3 is 0 Å². The summed E-state index contributed by atoms with van der Waals surface area (Å²) in [6.07, 6.45) is 3.35. The van der Waals surface area contributed by atoms with Crippen LogP contribution in [0, 0.1) is 0 Å². The normalized spacial score (nSPS) is 15.8. The van der Waals surface area contributed by atoms with Gasteiger partial charge in [0, 0.05) is 42.8 Å². The Morgan fingerprint density at radius 2 is 2.05 bits per heavy atom. The molecule has 1 fully saturated rings. The molecular weight excluding hydrogens is 286 g/mol. The number of rotatable bonds is 2. The van der Waals surface area contributed by atoms with Crippen LogP contribution in [0.3, 0.4) is 0 Å². The van der Waals surface area contributed by atoms with E-state index in [9.17, 15) is 9.59 Å². The first-order valence-corrected chi connectivity index (χ1v) is 7.63. The molecule has 1 aromatic heterocycles. The Morgan fingerprint density at radius 1 is 1.29 bits per heavy atom. The number of nitrogens with zero attached hydrogens (tertiary/aromatic N) is 3. The molecule has 0 N–H and O–H groups in total. The van der Waals surface area contributed by atoms with Gasteiger partial charge in [0.1, 0.15) is 0 Å². The zero-order chi connectivity index (χ0) is 14.8. The van der Waals surface area contributed by atoms with Crippen molar-refractivity contribution in [3.8, 4) is 0 Å². The first kappa shape index (κ1) is 13.8. The summed E-state index contributed by atoms with van der Waals surface area (Å²) >= 11 is 1.42. The first-order chi connectivity index (χ1) is 10.1. The van der Waals surface area contributed by atoms with Crippen molar-refractivity contribution in [3.63, 3.8) is 0 Å². The van der Waals surface area contributed by atoms with Crippen LogP contribution in [0.2, 0.25) is 0 Å². The highest BCUT2D eigenvalue weighted by atomic mass is 32.1. The molecule has 2 heterocycles. The van der Waals surface area contributed by atoms with Crippen molar-refractivity contribution in [2.45, 2.75) is 12.8 Å². The lowest BCUT2D eigenvalue weighted by atomic mass is 10.2. The predicted molar refractivity (Wildman–Crippen MR) is 81.2 cm³/mol. The minimum Gasteiger partial charge on any atom is -0.327 e. The number of hydrogen-bond donors (Lipinski definition) is 0. The van der Waals surface area contributed by atoms with Crippen molar-refractivity contribution in [3.05, 3.63) is 46.2 Å². The van der Waals surface area contributed by atoms with Gasteiger partial charge in [-0.05, 0) is 30.7 Å². The van der Waals surface area contributed by atoms with Crippen LogP contribution in [-0.2, 0) is 11.8 Å². The summed E-state index contributed by atoms with van der Waals surface area (Å²) in [5, 5.41) is 1.88. The Kier molecular flexibility index (Phi) is 3.70. The van der Waals surface area contributed by atoms with Gasteiger partial charge in [0.25, 0.3) is 5.91 Å². The summed E-state index contributed by atoms with van der Waals surface area (Å²) in [5.74, 6) is -0.128. The molecule has 1 saturated heterocycles. The third kappa shape index (κ3) is 2.80. The van der Waals surface area contributed by atoms with Crippen LogP contribution in [0.15, 0.2) is 40.8 Å². The van der Waals surface area contributed by atoms with Crippen LogP contribution in [0.25, 0.3) is 0 Å². The SMILES string of the molecule is Cn1ccsc1=NC(=O)c1ccc(N2CCCC2=O)cc1. The summed E-state index contributed by atoms with van der Waals surface area (Å²) in [4.78, 5) is 30.3. The van der Waals surface area contributed by atoms with Crippen molar-refractivity contribution in [1.82, 2.24) is 4.57 Å². The summed E-state index contributed by atoms with van der Waals surface area (Å²) < 4.78 is 1.81. The van der Waals surface area contributed by atoms with E-state index in [4.69, 9.17) is 0 Å². The second-order valence-corrected chi connectivity index (χ2v) is 5.78. The van der Waals surface area contributed by atoms with Gasteiger partial charge in [-0.1, -0.05) is 0 Å². The predicted octanol–water partition coefficient (Wildman–Crippen LogP) is 1.95. The molecule has 3 rings (SSSR count). The van der Waals surface area contributed by atoms with E-state index in [0.717, 1.165) is 18.7 Å². The molecule has 21 heavy (non-hydrogen) atoms. The third-order valence-corrected chi connectivity index (χ3v) is 4.30. The van der Waals surface area contributed by atoms with E-state index < -0.39 is 0 Å². The van der Waals surface area contributed by atoms with E-state index in [1.807, 2.05) is 18.6 Å². The Balaban J connectivity index is 1.83. The smallest absolute Gasteiger partial charge is 0.279 e. The lowest BCUT2D eigenvalue weighted by Crippen LogP contribution is -2.23. The summed E-state index contributed by atoms with van der Waals surface area (Å²) in [5.41, 5.74) is 1.37. The third-order valence-electron chi connectivity index (χ3n) is 3.46. The molecule has 2 aromatic rings. The maximum atomic E-state index is 12.1. The maximum Gasteiger partial charge on any atom is 0.279 e. The van der Waals surface area contributed by atoms with Crippen LogP contribution >= 0.6 is 11.3 Å². The number of hydrogen-bond acceptors (Lipinski definition) is 3. The van der Waals surface area contributed by atoms with Crippen LogP contribution in [0.4, 0.5) is 5.69 Å². The van der Waals surface area contributed by atoms with E-state index in [0.29, 0.717) is 16.8 Å². The number of aromatic nitrogens is 1. The van der Waals surface area contributed by atoms with Crippen molar-refractivity contribution in [2.75, 3.05) is 11.4 Å². The van der Waals surface area contributed by atoms with Gasteiger partial charge in [0.15, 0.2) is 4.80 Å². The molecule has 0 aliphatic carbocycles. The molecule has 0 spiro atoms. The monoisotopic (exact) mass is 301 g/mol. The fourth-order valence-corrected chi connectivity index (χ4v) is 3.02. The zero-order valence-corrected chi connectivity index (χ0v) is 12.5. The largest absolute Gasteiger partial charge is 0.327 e. The van der Waals surface area contributed by atoms with E-state index in [-0.39, 0.29) is 11.8 Å². The second kappa shape index (κ2) is 5.65. The number of anilines is 1. The van der Waals surface area contributed by atoms with E-state index in [2.05, 4.69) is 4.99 Å².